The Kier molecular flexibility index (Phi) is 9.57. The van der Waals surface area contributed by atoms with Crippen LogP contribution in [-0.2, 0) is 47.9 Å². The molecule has 1 N–H and O–H groups in total. The molecule has 3 aromatic rings. The number of hydrogen-bond donors (Lipinski definition) is 1. The van der Waals surface area contributed by atoms with Crippen LogP contribution in [0.5, 0.6) is 0 Å². The number of carbonyl (C=O) groups is 3. The van der Waals surface area contributed by atoms with E-state index in [0.29, 0.717) is 0 Å². The van der Waals surface area contributed by atoms with Crippen LogP contribution < -0.4 is 0 Å². The van der Waals surface area contributed by atoms with Crippen LogP contribution in [0, 0.1) is 0 Å². The van der Waals surface area contributed by atoms with Gasteiger partial charge in [-0.05, 0) is 16.7 Å². The fraction of sp³-hybridized carbons (Fsp3) is 0.250. The van der Waals surface area contributed by atoms with Gasteiger partial charge in [-0.1, -0.05) is 91.0 Å². The summed E-state index contributed by atoms with van der Waals surface area (Å²) in [5.74, 6) is -2.58. The molecule has 7 nitrogen and oxygen atoms in total. The highest BCUT2D eigenvalue weighted by Gasteiger charge is 2.32. The maximum absolute atomic E-state index is 13.1. The molecule has 0 saturated heterocycles. The second-order valence-electron chi connectivity index (χ2n) is 7.96. The summed E-state index contributed by atoms with van der Waals surface area (Å²) >= 11 is 0. The van der Waals surface area contributed by atoms with Gasteiger partial charge in [-0.3, -0.25) is 0 Å². The molecule has 0 spiro atoms. The summed E-state index contributed by atoms with van der Waals surface area (Å²) in [7, 11) is 1.20. The largest absolute Gasteiger partial charge is 0.466 e. The summed E-state index contributed by atoms with van der Waals surface area (Å²) < 4.78 is 15.7. The summed E-state index contributed by atoms with van der Waals surface area (Å²) in [5.41, 5.74) is 2.23. The number of methoxy groups -OCH3 is 1. The first-order chi connectivity index (χ1) is 17.0. The number of benzene rings is 3. The van der Waals surface area contributed by atoms with E-state index in [2.05, 4.69) is 0 Å². The van der Waals surface area contributed by atoms with Crippen LogP contribution in [0.25, 0.3) is 0 Å². The Morgan fingerprint density at radius 3 is 1.40 bits per heavy atom. The zero-order valence-electron chi connectivity index (χ0n) is 19.4. The molecular formula is C28H28O7. The van der Waals surface area contributed by atoms with Crippen LogP contribution in [-0.4, -0.2) is 48.4 Å². The Morgan fingerprint density at radius 1 is 0.600 bits per heavy atom. The number of aliphatic hydroxyl groups is 1. The SMILES string of the molecule is COC(=O)C(Cc1ccccc1)OC(=O)C(Cc1ccccc1)OC(=O)C(O)Cc1ccccc1. The molecule has 0 aliphatic rings. The molecule has 0 heterocycles. The standard InChI is InChI=1S/C28H28O7/c1-33-27(31)24(18-21-13-7-3-8-14-21)35-28(32)25(19-22-15-9-4-10-16-22)34-26(30)23(29)17-20-11-5-2-6-12-20/h2-16,23-25,29H,17-19H2,1H3. The topological polar surface area (TPSA) is 99.1 Å². The number of esters is 3. The quantitative estimate of drug-likeness (QED) is 0.335. The molecule has 0 aliphatic heterocycles. The van der Waals surface area contributed by atoms with E-state index in [1.807, 2.05) is 18.2 Å². The molecule has 0 fully saturated rings. The third-order valence-electron chi connectivity index (χ3n) is 5.32. The van der Waals surface area contributed by atoms with E-state index in [1.165, 1.54) is 7.11 Å². The van der Waals surface area contributed by atoms with E-state index < -0.39 is 36.2 Å². The zero-order valence-corrected chi connectivity index (χ0v) is 19.4. The van der Waals surface area contributed by atoms with Crippen LogP contribution in [0.3, 0.4) is 0 Å². The van der Waals surface area contributed by atoms with E-state index in [0.717, 1.165) is 16.7 Å². The lowest BCUT2D eigenvalue weighted by Gasteiger charge is -2.22. The van der Waals surface area contributed by atoms with Gasteiger partial charge in [-0.2, -0.15) is 0 Å². The third-order valence-corrected chi connectivity index (χ3v) is 5.32. The van der Waals surface area contributed by atoms with Gasteiger partial charge in [0.25, 0.3) is 0 Å². The molecule has 0 aromatic heterocycles. The van der Waals surface area contributed by atoms with Crippen molar-refractivity contribution in [1.29, 1.82) is 0 Å². The van der Waals surface area contributed by atoms with Crippen molar-refractivity contribution in [1.82, 2.24) is 0 Å². The zero-order chi connectivity index (χ0) is 25.0. The number of ether oxygens (including phenoxy) is 3. The Bertz CT molecular complexity index is 1080. The minimum absolute atomic E-state index is 0.0166. The average Bonchev–Trinajstić information content (AvgIpc) is 2.89. The Morgan fingerprint density at radius 2 is 0.971 bits per heavy atom. The predicted octanol–water partition coefficient (Wildman–Crippen LogP) is 3.07. The van der Waals surface area contributed by atoms with E-state index in [9.17, 15) is 19.5 Å². The van der Waals surface area contributed by atoms with Crippen LogP contribution in [0.15, 0.2) is 91.0 Å². The Hall–Kier alpha value is -3.97. The fourth-order valence-electron chi connectivity index (χ4n) is 3.49. The summed E-state index contributed by atoms with van der Waals surface area (Å²) in [6.45, 7) is 0. The molecule has 0 amide bonds. The van der Waals surface area contributed by atoms with Crippen molar-refractivity contribution >= 4 is 17.9 Å². The van der Waals surface area contributed by atoms with E-state index in [1.54, 1.807) is 72.8 Å². The molecule has 182 valence electrons. The highest BCUT2D eigenvalue weighted by molar-refractivity contribution is 5.84. The lowest BCUT2D eigenvalue weighted by atomic mass is 10.1. The van der Waals surface area contributed by atoms with Gasteiger partial charge in [0.05, 0.1) is 7.11 Å². The first-order valence-electron chi connectivity index (χ1n) is 11.2. The molecule has 0 saturated carbocycles. The lowest BCUT2D eigenvalue weighted by Crippen LogP contribution is -2.40. The van der Waals surface area contributed by atoms with Gasteiger partial charge in [-0.25, -0.2) is 14.4 Å². The molecule has 3 atom stereocenters. The highest BCUT2D eigenvalue weighted by atomic mass is 16.6. The minimum atomic E-state index is -1.47. The second kappa shape index (κ2) is 13.1. The van der Waals surface area contributed by atoms with Crippen molar-refractivity contribution in [3.8, 4) is 0 Å². The monoisotopic (exact) mass is 476 g/mol. The molecule has 0 aliphatic carbocycles. The van der Waals surface area contributed by atoms with Crippen LogP contribution in [0.2, 0.25) is 0 Å². The van der Waals surface area contributed by atoms with Gasteiger partial charge in [0.2, 0.25) is 12.2 Å². The van der Waals surface area contributed by atoms with Crippen LogP contribution >= 0.6 is 0 Å². The maximum atomic E-state index is 13.1. The first-order valence-corrected chi connectivity index (χ1v) is 11.2. The molecule has 0 radical (unpaired) electrons. The molecule has 3 rings (SSSR count). The van der Waals surface area contributed by atoms with Crippen molar-refractivity contribution in [2.75, 3.05) is 7.11 Å². The van der Waals surface area contributed by atoms with Gasteiger partial charge >= 0.3 is 17.9 Å². The number of carbonyl (C=O) groups excluding carboxylic acids is 3. The molecule has 7 heteroatoms. The van der Waals surface area contributed by atoms with Crippen molar-refractivity contribution in [3.05, 3.63) is 108 Å². The first kappa shape index (κ1) is 25.6. The number of hydrogen-bond acceptors (Lipinski definition) is 7. The van der Waals surface area contributed by atoms with Crippen LogP contribution in [0.1, 0.15) is 16.7 Å². The van der Waals surface area contributed by atoms with Gasteiger partial charge in [0.15, 0.2) is 6.10 Å². The van der Waals surface area contributed by atoms with Gasteiger partial charge in [-0.15, -0.1) is 0 Å². The highest BCUT2D eigenvalue weighted by Crippen LogP contribution is 2.14. The molecule has 35 heavy (non-hydrogen) atoms. The summed E-state index contributed by atoms with van der Waals surface area (Å²) in [6, 6.07) is 26.9. The van der Waals surface area contributed by atoms with Gasteiger partial charge in [0.1, 0.15) is 0 Å². The van der Waals surface area contributed by atoms with Gasteiger partial charge < -0.3 is 19.3 Å². The molecule has 0 bridgehead atoms. The fourth-order valence-corrected chi connectivity index (χ4v) is 3.49. The van der Waals surface area contributed by atoms with Crippen molar-refractivity contribution in [2.45, 2.75) is 37.6 Å². The average molecular weight is 477 g/mol. The molecule has 3 aromatic carbocycles. The van der Waals surface area contributed by atoms with E-state index in [4.69, 9.17) is 14.2 Å². The Labute approximate surface area is 204 Å². The number of aliphatic hydroxyl groups excluding tert-OH is 1. The molecular weight excluding hydrogens is 448 g/mol. The van der Waals surface area contributed by atoms with Crippen molar-refractivity contribution in [3.63, 3.8) is 0 Å². The van der Waals surface area contributed by atoms with E-state index in [-0.39, 0.29) is 19.3 Å². The third kappa shape index (κ3) is 8.08. The minimum Gasteiger partial charge on any atom is -0.466 e. The summed E-state index contributed by atoms with van der Waals surface area (Å²) in [4.78, 5) is 38.1. The Balaban J connectivity index is 1.74. The smallest absolute Gasteiger partial charge is 0.348 e. The van der Waals surface area contributed by atoms with E-state index >= 15 is 0 Å². The van der Waals surface area contributed by atoms with Crippen molar-refractivity contribution in [2.24, 2.45) is 0 Å². The second-order valence-corrected chi connectivity index (χ2v) is 7.96. The summed E-state index contributed by atoms with van der Waals surface area (Å²) in [6.07, 6.45) is -3.90. The predicted molar refractivity (Wildman–Crippen MR) is 128 cm³/mol. The number of rotatable bonds is 11. The molecule has 3 unspecified atom stereocenters. The maximum Gasteiger partial charge on any atom is 0.348 e. The normalized spacial score (nSPS) is 13.2. The van der Waals surface area contributed by atoms with Crippen molar-refractivity contribution < 1.29 is 33.7 Å². The van der Waals surface area contributed by atoms with Crippen LogP contribution in [0.4, 0.5) is 0 Å². The lowest BCUT2D eigenvalue weighted by molar-refractivity contribution is -0.180. The van der Waals surface area contributed by atoms with Gasteiger partial charge in [0, 0.05) is 19.3 Å². The summed E-state index contributed by atoms with van der Waals surface area (Å²) in [5, 5.41) is 10.4.